The number of carbonyl (C=O) groups excluding carboxylic acids is 1. The van der Waals surface area contributed by atoms with Gasteiger partial charge in [-0.05, 0) is 38.5 Å². The molecular weight excluding hydrogens is 305 g/mol. The van der Waals surface area contributed by atoms with Crippen molar-refractivity contribution in [2.75, 3.05) is 0 Å². The zero-order valence-electron chi connectivity index (χ0n) is 11.7. The lowest BCUT2D eigenvalue weighted by Gasteiger charge is -2.19. The second kappa shape index (κ2) is 9.84. The van der Waals surface area contributed by atoms with E-state index in [-0.39, 0.29) is 18.4 Å². The molecule has 0 saturated carbocycles. The number of rotatable bonds is 1. The number of alkyl halides is 3. The number of nitrogens with one attached hydrogen (secondary N) is 1. The van der Waals surface area contributed by atoms with Crippen LogP contribution in [0.15, 0.2) is 24.3 Å². The Labute approximate surface area is 129 Å². The summed E-state index contributed by atoms with van der Waals surface area (Å²) in [4.78, 5) is 10.5. The molecule has 1 amide bonds. The fourth-order valence-corrected chi connectivity index (χ4v) is 2.01. The molecule has 2 rings (SSSR count). The van der Waals surface area contributed by atoms with E-state index in [9.17, 15) is 18.0 Å². The van der Waals surface area contributed by atoms with E-state index in [0.717, 1.165) is 12.8 Å². The molecule has 2 aliphatic carbocycles. The van der Waals surface area contributed by atoms with Crippen molar-refractivity contribution in [2.24, 2.45) is 5.73 Å². The molecule has 0 fully saturated rings. The number of carbonyl (C=O) groups is 1. The number of halogens is 4. The Hall–Kier alpha value is -1.01. The van der Waals surface area contributed by atoms with Gasteiger partial charge in [0.2, 0.25) is 0 Å². The first kappa shape index (κ1) is 20.0. The van der Waals surface area contributed by atoms with Crippen LogP contribution in [-0.2, 0) is 4.79 Å². The highest BCUT2D eigenvalue weighted by Gasteiger charge is 2.39. The fraction of sp³-hybridized carbons (Fsp3) is 0.643. The number of hydrogen-bond acceptors (Lipinski definition) is 2. The molecule has 0 radical (unpaired) electrons. The van der Waals surface area contributed by atoms with Crippen LogP contribution in [0.1, 0.15) is 38.5 Å². The van der Waals surface area contributed by atoms with E-state index in [1.165, 1.54) is 12.8 Å². The van der Waals surface area contributed by atoms with E-state index < -0.39 is 12.1 Å². The lowest BCUT2D eigenvalue weighted by molar-refractivity contribution is -0.174. The van der Waals surface area contributed by atoms with Crippen LogP contribution in [0.25, 0.3) is 0 Å². The molecular formula is C14H22ClF3N2O. The van der Waals surface area contributed by atoms with E-state index in [2.05, 4.69) is 12.2 Å². The molecule has 0 aromatic rings. The van der Waals surface area contributed by atoms with E-state index in [4.69, 9.17) is 5.73 Å². The van der Waals surface area contributed by atoms with Gasteiger partial charge in [-0.25, -0.2) is 0 Å². The Morgan fingerprint density at radius 1 is 1.05 bits per heavy atom. The first-order chi connectivity index (χ1) is 9.39. The van der Waals surface area contributed by atoms with E-state index >= 15 is 0 Å². The minimum Gasteiger partial charge on any atom is -0.345 e. The second-order valence-corrected chi connectivity index (χ2v) is 5.00. The van der Waals surface area contributed by atoms with Gasteiger partial charge in [-0.15, -0.1) is 12.4 Å². The zero-order valence-corrected chi connectivity index (χ0v) is 12.6. The van der Waals surface area contributed by atoms with Crippen molar-refractivity contribution in [1.82, 2.24) is 5.32 Å². The molecule has 21 heavy (non-hydrogen) atoms. The average molecular weight is 327 g/mol. The summed E-state index contributed by atoms with van der Waals surface area (Å²) in [5, 5.41) is 1.94. The van der Waals surface area contributed by atoms with Gasteiger partial charge in [-0.1, -0.05) is 24.3 Å². The zero-order chi connectivity index (χ0) is 15.0. The second-order valence-electron chi connectivity index (χ2n) is 5.00. The highest BCUT2D eigenvalue weighted by atomic mass is 35.5. The Balaban J connectivity index is 0.000000425. The van der Waals surface area contributed by atoms with Gasteiger partial charge in [-0.3, -0.25) is 4.79 Å². The Morgan fingerprint density at radius 2 is 1.62 bits per heavy atom. The summed E-state index contributed by atoms with van der Waals surface area (Å²) in [6.07, 6.45) is 8.51. The predicted octanol–water partition coefficient (Wildman–Crippen LogP) is 3.25. The highest BCUT2D eigenvalue weighted by molar-refractivity contribution is 5.85. The van der Waals surface area contributed by atoms with Crippen LogP contribution >= 0.6 is 12.4 Å². The molecule has 0 heterocycles. The van der Waals surface area contributed by atoms with Crippen molar-refractivity contribution < 1.29 is 18.0 Å². The summed E-state index contributed by atoms with van der Waals surface area (Å²) in [5.41, 5.74) is 5.58. The number of amides is 1. The van der Waals surface area contributed by atoms with Crippen molar-refractivity contribution in [3.8, 4) is 0 Å². The SMILES string of the molecule is Cl.N[C@H]1CC=CCC1.O=C(N[C@H]1CC=CCC1)C(F)(F)F. The largest absolute Gasteiger partial charge is 0.471 e. The third-order valence-electron chi connectivity index (χ3n) is 3.17. The van der Waals surface area contributed by atoms with Crippen LogP contribution in [0, 0.1) is 0 Å². The number of hydrogen-bond donors (Lipinski definition) is 2. The van der Waals surface area contributed by atoms with Crippen molar-refractivity contribution in [3.63, 3.8) is 0 Å². The van der Waals surface area contributed by atoms with Crippen LogP contribution < -0.4 is 11.1 Å². The Bertz CT molecular complexity index is 370. The lowest BCUT2D eigenvalue weighted by Crippen LogP contribution is -2.43. The third kappa shape index (κ3) is 8.78. The summed E-state index contributed by atoms with van der Waals surface area (Å²) in [7, 11) is 0. The summed E-state index contributed by atoms with van der Waals surface area (Å²) in [6, 6.07) is 0.0872. The lowest BCUT2D eigenvalue weighted by atomic mass is 10.0. The third-order valence-corrected chi connectivity index (χ3v) is 3.17. The van der Waals surface area contributed by atoms with Gasteiger partial charge in [-0.2, -0.15) is 13.2 Å². The van der Waals surface area contributed by atoms with Crippen molar-refractivity contribution in [2.45, 2.75) is 56.8 Å². The van der Waals surface area contributed by atoms with Gasteiger partial charge in [0.15, 0.2) is 0 Å². The van der Waals surface area contributed by atoms with Gasteiger partial charge >= 0.3 is 12.1 Å². The maximum Gasteiger partial charge on any atom is 0.471 e. The summed E-state index contributed by atoms with van der Waals surface area (Å²) in [6.45, 7) is 0. The van der Waals surface area contributed by atoms with Crippen molar-refractivity contribution >= 4 is 18.3 Å². The predicted molar refractivity (Wildman–Crippen MR) is 79.2 cm³/mol. The van der Waals surface area contributed by atoms with E-state index in [1.54, 1.807) is 6.08 Å². The first-order valence-electron chi connectivity index (χ1n) is 6.83. The highest BCUT2D eigenvalue weighted by Crippen LogP contribution is 2.17. The number of allylic oxidation sites excluding steroid dienone is 2. The van der Waals surface area contributed by atoms with Crippen LogP contribution in [0.2, 0.25) is 0 Å². The number of nitrogens with two attached hydrogens (primary N) is 1. The quantitative estimate of drug-likeness (QED) is 0.727. The molecule has 3 N–H and O–H groups in total. The van der Waals surface area contributed by atoms with Crippen molar-refractivity contribution in [3.05, 3.63) is 24.3 Å². The smallest absolute Gasteiger partial charge is 0.345 e. The molecule has 7 heteroatoms. The molecule has 0 aromatic carbocycles. The van der Waals surface area contributed by atoms with Crippen LogP contribution in [0.4, 0.5) is 13.2 Å². The molecule has 3 nitrogen and oxygen atoms in total. The fourth-order valence-electron chi connectivity index (χ4n) is 2.01. The minimum atomic E-state index is -4.76. The van der Waals surface area contributed by atoms with Crippen LogP contribution in [-0.4, -0.2) is 24.2 Å². The van der Waals surface area contributed by atoms with E-state index in [1.807, 2.05) is 11.4 Å². The molecule has 2 atom stereocenters. The van der Waals surface area contributed by atoms with Crippen molar-refractivity contribution in [1.29, 1.82) is 0 Å². The summed E-state index contributed by atoms with van der Waals surface area (Å²) in [5.74, 6) is -1.84. The van der Waals surface area contributed by atoms with Crippen LogP contribution in [0.3, 0.4) is 0 Å². The Kier molecular flexibility index (Phi) is 9.37. The van der Waals surface area contributed by atoms with Gasteiger partial charge in [0, 0.05) is 12.1 Å². The molecule has 0 unspecified atom stereocenters. The van der Waals surface area contributed by atoms with Gasteiger partial charge in [0.1, 0.15) is 0 Å². The molecule has 0 spiro atoms. The van der Waals surface area contributed by atoms with E-state index in [0.29, 0.717) is 18.9 Å². The average Bonchev–Trinajstić information content (AvgIpc) is 2.40. The molecule has 122 valence electrons. The molecule has 0 aliphatic heterocycles. The molecule has 0 bridgehead atoms. The molecule has 0 saturated heterocycles. The van der Waals surface area contributed by atoms with Gasteiger partial charge in [0.05, 0.1) is 0 Å². The monoisotopic (exact) mass is 326 g/mol. The molecule has 2 aliphatic rings. The molecule has 0 aromatic heterocycles. The van der Waals surface area contributed by atoms with Gasteiger partial charge in [0.25, 0.3) is 0 Å². The Morgan fingerprint density at radius 3 is 1.95 bits per heavy atom. The maximum absolute atomic E-state index is 11.8. The van der Waals surface area contributed by atoms with Gasteiger partial charge < -0.3 is 11.1 Å². The normalized spacial score (nSPS) is 24.4. The summed E-state index contributed by atoms with van der Waals surface area (Å²) < 4.78 is 35.3. The van der Waals surface area contributed by atoms with Crippen LogP contribution in [0.5, 0.6) is 0 Å². The summed E-state index contributed by atoms with van der Waals surface area (Å²) >= 11 is 0. The topological polar surface area (TPSA) is 55.1 Å². The maximum atomic E-state index is 11.8. The first-order valence-corrected chi connectivity index (χ1v) is 6.83. The minimum absolute atomic E-state index is 0. The standard InChI is InChI=1S/C8H10F3NO.C6H11N.ClH/c9-8(10,11)7(13)12-6-4-2-1-3-5-6;7-6-4-2-1-3-5-6;/h1-2,6H,3-5H2,(H,12,13);1-2,6H,3-5,7H2;1H/t2*6-;/m00./s1.